The largest absolute Gasteiger partial charge is 0.493 e. The molecule has 0 aromatic heterocycles. The van der Waals surface area contributed by atoms with Crippen LogP contribution in [-0.4, -0.2) is 31.1 Å². The minimum Gasteiger partial charge on any atom is -0.493 e. The average molecular weight is 407 g/mol. The maximum atomic E-state index is 12.4. The Hall–Kier alpha value is -2.93. The Bertz CT molecular complexity index is 837. The van der Waals surface area contributed by atoms with Gasteiger partial charge in [-0.2, -0.15) is 0 Å². The number of rotatable bonds is 7. The predicted molar refractivity (Wildman–Crippen MR) is 106 cm³/mol. The SMILES string of the molecule is CCOc1ccc(C(=O)NNC(=O)C(C)(C)Oc2ccc(Cl)cc2)cc1OC. The summed E-state index contributed by atoms with van der Waals surface area (Å²) < 4.78 is 16.3. The molecule has 0 radical (unpaired) electrons. The molecule has 0 aliphatic heterocycles. The molecule has 0 atom stereocenters. The number of benzene rings is 2. The van der Waals surface area contributed by atoms with Crippen LogP contribution in [0.4, 0.5) is 0 Å². The van der Waals surface area contributed by atoms with Gasteiger partial charge in [0, 0.05) is 10.6 Å². The molecule has 0 heterocycles. The summed E-state index contributed by atoms with van der Waals surface area (Å²) >= 11 is 5.84. The van der Waals surface area contributed by atoms with Crippen LogP contribution in [0.3, 0.4) is 0 Å². The van der Waals surface area contributed by atoms with Crippen molar-refractivity contribution in [2.24, 2.45) is 0 Å². The standard InChI is InChI=1S/C20H23ClN2O5/c1-5-27-16-11-6-13(12-17(16)26-4)18(24)22-23-19(25)20(2,3)28-15-9-7-14(21)8-10-15/h6-12H,5H2,1-4H3,(H,22,24)(H,23,25). The fraction of sp³-hybridized carbons (Fsp3) is 0.300. The fourth-order valence-corrected chi connectivity index (χ4v) is 2.39. The van der Waals surface area contributed by atoms with Crippen molar-refractivity contribution < 1.29 is 23.8 Å². The molecule has 2 aromatic carbocycles. The maximum absolute atomic E-state index is 12.4. The molecule has 8 heteroatoms. The van der Waals surface area contributed by atoms with Gasteiger partial charge in [0.1, 0.15) is 5.75 Å². The van der Waals surface area contributed by atoms with Gasteiger partial charge in [0.2, 0.25) is 0 Å². The van der Waals surface area contributed by atoms with E-state index in [9.17, 15) is 9.59 Å². The van der Waals surface area contributed by atoms with Crippen LogP contribution < -0.4 is 25.1 Å². The molecule has 28 heavy (non-hydrogen) atoms. The monoisotopic (exact) mass is 406 g/mol. The summed E-state index contributed by atoms with van der Waals surface area (Å²) in [6.07, 6.45) is 0. The molecule has 0 aliphatic rings. The Kier molecular flexibility index (Phi) is 7.12. The Labute approximate surface area is 168 Å². The van der Waals surface area contributed by atoms with E-state index in [2.05, 4.69) is 10.9 Å². The Balaban J connectivity index is 1.99. The molecule has 0 unspecified atom stereocenters. The lowest BCUT2D eigenvalue weighted by atomic mass is 10.1. The van der Waals surface area contributed by atoms with E-state index in [1.165, 1.54) is 13.2 Å². The summed E-state index contributed by atoms with van der Waals surface area (Å²) in [6.45, 7) is 5.50. The van der Waals surface area contributed by atoms with Crippen LogP contribution in [0.2, 0.25) is 5.02 Å². The first-order valence-electron chi connectivity index (χ1n) is 8.63. The van der Waals surface area contributed by atoms with Gasteiger partial charge in [-0.25, -0.2) is 0 Å². The molecule has 0 saturated heterocycles. The van der Waals surface area contributed by atoms with Crippen LogP contribution in [0.25, 0.3) is 0 Å². The second-order valence-electron chi connectivity index (χ2n) is 6.27. The van der Waals surface area contributed by atoms with Crippen LogP contribution in [0.5, 0.6) is 17.2 Å². The highest BCUT2D eigenvalue weighted by Gasteiger charge is 2.30. The molecular weight excluding hydrogens is 384 g/mol. The second kappa shape index (κ2) is 9.32. The van der Waals surface area contributed by atoms with Crippen molar-refractivity contribution in [2.45, 2.75) is 26.4 Å². The molecule has 0 fully saturated rings. The molecular formula is C20H23ClN2O5. The highest BCUT2D eigenvalue weighted by Crippen LogP contribution is 2.28. The number of hydrogen-bond acceptors (Lipinski definition) is 5. The number of hydrazine groups is 1. The van der Waals surface area contributed by atoms with Crippen LogP contribution in [-0.2, 0) is 4.79 Å². The van der Waals surface area contributed by atoms with Gasteiger partial charge in [0.15, 0.2) is 17.1 Å². The van der Waals surface area contributed by atoms with Gasteiger partial charge >= 0.3 is 0 Å². The van der Waals surface area contributed by atoms with E-state index < -0.39 is 17.4 Å². The molecule has 0 aliphatic carbocycles. The van der Waals surface area contributed by atoms with Gasteiger partial charge in [-0.3, -0.25) is 20.4 Å². The summed E-state index contributed by atoms with van der Waals surface area (Å²) in [7, 11) is 1.48. The van der Waals surface area contributed by atoms with Crippen LogP contribution in [0.1, 0.15) is 31.1 Å². The molecule has 0 spiro atoms. The molecule has 7 nitrogen and oxygen atoms in total. The van der Waals surface area contributed by atoms with Gasteiger partial charge in [-0.1, -0.05) is 11.6 Å². The van der Waals surface area contributed by atoms with Crippen molar-refractivity contribution in [3.8, 4) is 17.2 Å². The van der Waals surface area contributed by atoms with E-state index >= 15 is 0 Å². The molecule has 0 saturated carbocycles. The molecule has 0 bridgehead atoms. The van der Waals surface area contributed by atoms with Gasteiger partial charge < -0.3 is 14.2 Å². The zero-order valence-corrected chi connectivity index (χ0v) is 16.9. The lowest BCUT2D eigenvalue weighted by molar-refractivity contribution is -0.135. The summed E-state index contributed by atoms with van der Waals surface area (Å²) in [6, 6.07) is 11.4. The molecule has 2 aromatic rings. The van der Waals surface area contributed by atoms with Crippen molar-refractivity contribution >= 4 is 23.4 Å². The van der Waals surface area contributed by atoms with E-state index in [1.54, 1.807) is 50.2 Å². The summed E-state index contributed by atoms with van der Waals surface area (Å²) in [5, 5.41) is 0.563. The van der Waals surface area contributed by atoms with Crippen LogP contribution in [0.15, 0.2) is 42.5 Å². The average Bonchev–Trinajstić information content (AvgIpc) is 2.67. The first-order valence-corrected chi connectivity index (χ1v) is 9.01. The minimum atomic E-state index is -1.22. The number of carbonyl (C=O) groups excluding carboxylic acids is 2. The lowest BCUT2D eigenvalue weighted by Crippen LogP contribution is -2.53. The van der Waals surface area contributed by atoms with E-state index in [4.69, 9.17) is 25.8 Å². The zero-order chi connectivity index (χ0) is 20.7. The van der Waals surface area contributed by atoms with E-state index in [0.29, 0.717) is 34.4 Å². The van der Waals surface area contributed by atoms with Crippen LogP contribution in [0, 0.1) is 0 Å². The first kappa shape index (κ1) is 21.4. The van der Waals surface area contributed by atoms with Crippen molar-refractivity contribution in [2.75, 3.05) is 13.7 Å². The van der Waals surface area contributed by atoms with Crippen molar-refractivity contribution in [1.82, 2.24) is 10.9 Å². The zero-order valence-electron chi connectivity index (χ0n) is 16.2. The van der Waals surface area contributed by atoms with Crippen LogP contribution >= 0.6 is 11.6 Å². The van der Waals surface area contributed by atoms with E-state index in [1.807, 2.05) is 6.92 Å². The lowest BCUT2D eigenvalue weighted by Gasteiger charge is -2.25. The number of halogens is 1. The summed E-state index contributed by atoms with van der Waals surface area (Å²) in [5.41, 5.74) is 3.81. The Morgan fingerprint density at radius 1 is 1.04 bits per heavy atom. The van der Waals surface area contributed by atoms with Crippen molar-refractivity contribution in [3.05, 3.63) is 53.1 Å². The number of carbonyl (C=O) groups is 2. The third-order valence-corrected chi connectivity index (χ3v) is 4.00. The number of methoxy groups -OCH3 is 1. The predicted octanol–water partition coefficient (Wildman–Crippen LogP) is 3.37. The maximum Gasteiger partial charge on any atom is 0.281 e. The normalized spacial score (nSPS) is 10.8. The highest BCUT2D eigenvalue weighted by atomic mass is 35.5. The number of ether oxygens (including phenoxy) is 3. The third kappa shape index (κ3) is 5.53. The Morgan fingerprint density at radius 3 is 2.32 bits per heavy atom. The molecule has 2 amide bonds. The molecule has 2 rings (SSSR count). The van der Waals surface area contributed by atoms with Crippen molar-refractivity contribution in [1.29, 1.82) is 0 Å². The van der Waals surface area contributed by atoms with E-state index in [-0.39, 0.29) is 0 Å². The summed E-state index contributed by atoms with van der Waals surface area (Å²) in [4.78, 5) is 24.7. The van der Waals surface area contributed by atoms with Gasteiger partial charge in [0.05, 0.1) is 13.7 Å². The minimum absolute atomic E-state index is 0.303. The first-order chi connectivity index (χ1) is 13.3. The van der Waals surface area contributed by atoms with Gasteiger partial charge in [0.25, 0.3) is 11.8 Å². The van der Waals surface area contributed by atoms with Crippen molar-refractivity contribution in [3.63, 3.8) is 0 Å². The number of nitrogens with one attached hydrogen (secondary N) is 2. The summed E-state index contributed by atoms with van der Waals surface area (Å²) in [5.74, 6) is 0.410. The topological polar surface area (TPSA) is 85.9 Å². The molecule has 150 valence electrons. The smallest absolute Gasteiger partial charge is 0.281 e. The third-order valence-electron chi connectivity index (χ3n) is 3.75. The van der Waals surface area contributed by atoms with Gasteiger partial charge in [-0.15, -0.1) is 0 Å². The number of hydrogen-bond donors (Lipinski definition) is 2. The van der Waals surface area contributed by atoms with Gasteiger partial charge in [-0.05, 0) is 63.2 Å². The highest BCUT2D eigenvalue weighted by molar-refractivity contribution is 6.30. The number of amides is 2. The quantitative estimate of drug-likeness (QED) is 0.688. The second-order valence-corrected chi connectivity index (χ2v) is 6.71. The molecule has 2 N–H and O–H groups in total. The Morgan fingerprint density at radius 2 is 1.71 bits per heavy atom. The van der Waals surface area contributed by atoms with E-state index in [0.717, 1.165) is 0 Å². The fourth-order valence-electron chi connectivity index (χ4n) is 2.26.